The molecule has 0 aromatic carbocycles. The first-order chi connectivity index (χ1) is 9.11. The van der Waals surface area contributed by atoms with E-state index in [0.717, 1.165) is 19.4 Å². The lowest BCUT2D eigenvalue weighted by molar-refractivity contribution is -0.139. The monoisotopic (exact) mass is 288 g/mol. The average Bonchev–Trinajstić information content (AvgIpc) is 2.23. The molecular formula is C14H28N2O4. The Morgan fingerprint density at radius 3 is 2.25 bits per heavy atom. The van der Waals surface area contributed by atoms with Crippen molar-refractivity contribution in [2.45, 2.75) is 71.6 Å². The highest BCUT2D eigenvalue weighted by Gasteiger charge is 2.23. The van der Waals surface area contributed by atoms with Crippen LogP contribution < -0.4 is 10.6 Å². The molecule has 20 heavy (non-hydrogen) atoms. The summed E-state index contributed by atoms with van der Waals surface area (Å²) in [6.45, 7) is 10.2. The van der Waals surface area contributed by atoms with E-state index in [9.17, 15) is 9.59 Å². The number of carboxylic acids is 1. The van der Waals surface area contributed by atoms with Gasteiger partial charge in [-0.25, -0.2) is 9.59 Å². The number of amides is 1. The number of hydrogen-bond acceptors (Lipinski definition) is 4. The Balaban J connectivity index is 4.05. The molecule has 0 heterocycles. The Kier molecular flexibility index (Phi) is 8.22. The number of unbranched alkanes of at least 4 members (excludes halogenated alkanes) is 1. The molecule has 1 amide bonds. The van der Waals surface area contributed by atoms with Crippen LogP contribution in [-0.4, -0.2) is 41.4 Å². The number of carbonyl (C=O) groups is 2. The number of hydrogen-bond donors (Lipinski definition) is 3. The van der Waals surface area contributed by atoms with Gasteiger partial charge in [-0.05, 0) is 46.6 Å². The van der Waals surface area contributed by atoms with E-state index in [-0.39, 0.29) is 0 Å². The first-order valence-corrected chi connectivity index (χ1v) is 7.07. The van der Waals surface area contributed by atoms with E-state index in [1.807, 2.05) is 0 Å². The molecule has 0 aliphatic carbocycles. The summed E-state index contributed by atoms with van der Waals surface area (Å²) in [6, 6.07) is -0.478. The number of carboxylic acid groups (broad SMARTS) is 1. The zero-order valence-corrected chi connectivity index (χ0v) is 13.2. The van der Waals surface area contributed by atoms with E-state index < -0.39 is 23.7 Å². The molecule has 0 saturated carbocycles. The van der Waals surface area contributed by atoms with Gasteiger partial charge in [0.15, 0.2) is 0 Å². The number of alkyl carbamates (subject to hydrolysis) is 1. The number of carbonyl (C=O) groups excluding carboxylic acids is 1. The molecule has 3 N–H and O–H groups in total. The summed E-state index contributed by atoms with van der Waals surface area (Å²) in [5, 5.41) is 14.7. The lowest BCUT2D eigenvalue weighted by Crippen LogP contribution is -2.43. The van der Waals surface area contributed by atoms with E-state index in [2.05, 4.69) is 24.5 Å². The fourth-order valence-electron chi connectivity index (χ4n) is 1.57. The maximum atomic E-state index is 11.5. The van der Waals surface area contributed by atoms with E-state index in [4.69, 9.17) is 9.84 Å². The molecule has 0 saturated heterocycles. The zero-order valence-electron chi connectivity index (χ0n) is 13.2. The molecule has 6 heteroatoms. The molecule has 0 fully saturated rings. The summed E-state index contributed by atoms with van der Waals surface area (Å²) >= 11 is 0. The summed E-state index contributed by atoms with van der Waals surface area (Å²) in [7, 11) is 0. The SMILES string of the molecule is CC(C)NCCCC[C@H](NC(=O)OC(C)(C)C)C(=O)O. The van der Waals surface area contributed by atoms with Gasteiger partial charge in [-0.15, -0.1) is 0 Å². The minimum atomic E-state index is -1.03. The molecule has 0 radical (unpaired) electrons. The molecule has 118 valence electrons. The van der Waals surface area contributed by atoms with Crippen molar-refractivity contribution in [3.05, 3.63) is 0 Å². The Labute approximate surface area is 121 Å². The minimum Gasteiger partial charge on any atom is -0.480 e. The van der Waals surface area contributed by atoms with Gasteiger partial charge in [0.25, 0.3) is 0 Å². The molecule has 0 rings (SSSR count). The van der Waals surface area contributed by atoms with Crippen LogP contribution in [0.5, 0.6) is 0 Å². The first-order valence-electron chi connectivity index (χ1n) is 7.07. The summed E-state index contributed by atoms with van der Waals surface area (Å²) < 4.78 is 5.05. The van der Waals surface area contributed by atoms with Crippen molar-refractivity contribution >= 4 is 12.1 Å². The second kappa shape index (κ2) is 8.79. The smallest absolute Gasteiger partial charge is 0.408 e. The fourth-order valence-corrected chi connectivity index (χ4v) is 1.57. The molecule has 0 aromatic heterocycles. The largest absolute Gasteiger partial charge is 0.480 e. The molecule has 0 aliphatic rings. The Morgan fingerprint density at radius 2 is 1.80 bits per heavy atom. The van der Waals surface area contributed by atoms with Gasteiger partial charge in [-0.3, -0.25) is 0 Å². The molecule has 6 nitrogen and oxygen atoms in total. The maximum Gasteiger partial charge on any atom is 0.408 e. The number of ether oxygens (including phenoxy) is 1. The summed E-state index contributed by atoms with van der Waals surface area (Å²) in [5.74, 6) is -1.03. The topological polar surface area (TPSA) is 87.7 Å². The molecular weight excluding hydrogens is 260 g/mol. The van der Waals surface area contributed by atoms with Gasteiger partial charge in [-0.1, -0.05) is 13.8 Å². The fraction of sp³-hybridized carbons (Fsp3) is 0.857. The van der Waals surface area contributed by atoms with Gasteiger partial charge in [0.2, 0.25) is 0 Å². The van der Waals surface area contributed by atoms with Crippen LogP contribution in [0.2, 0.25) is 0 Å². The minimum absolute atomic E-state index is 0.397. The van der Waals surface area contributed by atoms with Gasteiger partial charge >= 0.3 is 12.1 Å². The van der Waals surface area contributed by atoms with Gasteiger partial charge in [0.1, 0.15) is 11.6 Å². The second-order valence-corrected chi connectivity index (χ2v) is 6.14. The average molecular weight is 288 g/mol. The molecule has 0 aliphatic heterocycles. The third kappa shape index (κ3) is 10.6. The zero-order chi connectivity index (χ0) is 15.8. The molecule has 0 bridgehead atoms. The van der Waals surface area contributed by atoms with Crippen LogP contribution in [0.15, 0.2) is 0 Å². The van der Waals surface area contributed by atoms with Crippen molar-refractivity contribution < 1.29 is 19.4 Å². The van der Waals surface area contributed by atoms with Crippen molar-refractivity contribution in [1.82, 2.24) is 10.6 Å². The second-order valence-electron chi connectivity index (χ2n) is 6.14. The molecule has 0 spiro atoms. The summed E-state index contributed by atoms with van der Waals surface area (Å²) in [5.41, 5.74) is -0.631. The van der Waals surface area contributed by atoms with Crippen LogP contribution in [0.4, 0.5) is 4.79 Å². The maximum absolute atomic E-state index is 11.5. The number of nitrogens with one attached hydrogen (secondary N) is 2. The van der Waals surface area contributed by atoms with E-state index in [0.29, 0.717) is 12.5 Å². The van der Waals surface area contributed by atoms with Crippen molar-refractivity contribution in [3.63, 3.8) is 0 Å². The Hall–Kier alpha value is -1.30. The highest BCUT2D eigenvalue weighted by molar-refractivity contribution is 5.79. The summed E-state index contributed by atoms with van der Waals surface area (Å²) in [6.07, 6.45) is 1.31. The predicted molar refractivity (Wildman–Crippen MR) is 77.8 cm³/mol. The van der Waals surface area contributed by atoms with Crippen molar-refractivity contribution in [1.29, 1.82) is 0 Å². The van der Waals surface area contributed by atoms with E-state index in [1.54, 1.807) is 20.8 Å². The molecule has 0 unspecified atom stereocenters. The number of aliphatic carboxylic acids is 1. The number of rotatable bonds is 8. The lowest BCUT2D eigenvalue weighted by atomic mass is 10.1. The molecule has 0 aromatic rings. The van der Waals surface area contributed by atoms with Gasteiger partial charge in [0, 0.05) is 6.04 Å². The predicted octanol–water partition coefficient (Wildman–Crippen LogP) is 2.13. The third-order valence-corrected chi connectivity index (χ3v) is 2.46. The van der Waals surface area contributed by atoms with Crippen LogP contribution in [0.1, 0.15) is 53.9 Å². The quantitative estimate of drug-likeness (QED) is 0.596. The van der Waals surface area contributed by atoms with E-state index in [1.165, 1.54) is 0 Å². The van der Waals surface area contributed by atoms with Crippen LogP contribution >= 0.6 is 0 Å². The third-order valence-electron chi connectivity index (χ3n) is 2.46. The van der Waals surface area contributed by atoms with E-state index >= 15 is 0 Å². The summed E-state index contributed by atoms with van der Waals surface area (Å²) in [4.78, 5) is 22.6. The van der Waals surface area contributed by atoms with Crippen molar-refractivity contribution in [3.8, 4) is 0 Å². The van der Waals surface area contributed by atoms with Crippen molar-refractivity contribution in [2.75, 3.05) is 6.54 Å². The van der Waals surface area contributed by atoms with Crippen molar-refractivity contribution in [2.24, 2.45) is 0 Å². The van der Waals surface area contributed by atoms with Gasteiger partial charge in [0.05, 0.1) is 0 Å². The van der Waals surface area contributed by atoms with Gasteiger partial charge < -0.3 is 20.5 Å². The highest BCUT2D eigenvalue weighted by Crippen LogP contribution is 2.08. The highest BCUT2D eigenvalue weighted by atomic mass is 16.6. The Bertz CT molecular complexity index is 311. The standard InChI is InChI=1S/C14H28N2O4/c1-10(2)15-9-7-6-8-11(12(17)18)16-13(19)20-14(3,4)5/h10-11,15H,6-9H2,1-5H3,(H,16,19)(H,17,18)/t11-/m0/s1. The van der Waals surface area contributed by atoms with Crippen LogP contribution in [0.25, 0.3) is 0 Å². The van der Waals surface area contributed by atoms with Gasteiger partial charge in [-0.2, -0.15) is 0 Å². The normalized spacial score (nSPS) is 13.1. The molecule has 1 atom stereocenters. The first kappa shape index (κ1) is 18.7. The van der Waals surface area contributed by atoms with Crippen LogP contribution in [0.3, 0.4) is 0 Å². The van der Waals surface area contributed by atoms with Crippen LogP contribution in [0, 0.1) is 0 Å². The lowest BCUT2D eigenvalue weighted by Gasteiger charge is -2.22. The Morgan fingerprint density at radius 1 is 1.20 bits per heavy atom. The van der Waals surface area contributed by atoms with Crippen LogP contribution in [-0.2, 0) is 9.53 Å².